The van der Waals surface area contributed by atoms with Crippen molar-refractivity contribution in [1.29, 1.82) is 0 Å². The summed E-state index contributed by atoms with van der Waals surface area (Å²) in [5, 5.41) is 25.4. The second-order valence-corrected chi connectivity index (χ2v) is 6.79. The molecule has 2 aromatic rings. The molecule has 0 aliphatic carbocycles. The van der Waals surface area contributed by atoms with E-state index in [0.717, 1.165) is 36.5 Å². The summed E-state index contributed by atoms with van der Waals surface area (Å²) in [5.41, 5.74) is -0.687. The molecule has 0 amide bonds. The van der Waals surface area contributed by atoms with Crippen LogP contribution in [0.25, 0.3) is 0 Å². The molecule has 0 heterocycles. The highest BCUT2D eigenvalue weighted by atomic mass is 32.2. The predicted molar refractivity (Wildman–Crippen MR) is 97.2 cm³/mol. The SMILES string of the molecule is COc1cc(/C=N/NS(=O)(=O)c2ccc([N+](=O)[O-])cc2)c([N+](=O)[O-])cc1OC. The Labute approximate surface area is 158 Å². The molecule has 1 N–H and O–H groups in total. The van der Waals surface area contributed by atoms with Crippen molar-refractivity contribution in [3.63, 3.8) is 0 Å². The fourth-order valence-corrected chi connectivity index (χ4v) is 2.90. The molecule has 2 rings (SSSR count). The number of hydrogen-bond acceptors (Lipinski definition) is 9. The maximum Gasteiger partial charge on any atom is 0.282 e. The maximum absolute atomic E-state index is 12.2. The summed E-state index contributed by atoms with van der Waals surface area (Å²) in [6.07, 6.45) is 0.934. The quantitative estimate of drug-likeness (QED) is 0.391. The molecule has 0 bridgehead atoms. The van der Waals surface area contributed by atoms with E-state index < -0.39 is 19.9 Å². The average molecular weight is 410 g/mol. The summed E-state index contributed by atoms with van der Waals surface area (Å²) in [6.45, 7) is 0. The highest BCUT2D eigenvalue weighted by molar-refractivity contribution is 7.89. The lowest BCUT2D eigenvalue weighted by Crippen LogP contribution is -2.18. The predicted octanol–water partition coefficient (Wildman–Crippen LogP) is 1.83. The topological polar surface area (TPSA) is 163 Å². The number of methoxy groups -OCH3 is 2. The van der Waals surface area contributed by atoms with Crippen molar-refractivity contribution in [2.75, 3.05) is 14.2 Å². The number of ether oxygens (including phenoxy) is 2. The van der Waals surface area contributed by atoms with Gasteiger partial charge in [-0.05, 0) is 18.2 Å². The van der Waals surface area contributed by atoms with E-state index in [1.165, 1.54) is 20.3 Å². The molecule has 0 aromatic heterocycles. The van der Waals surface area contributed by atoms with Gasteiger partial charge >= 0.3 is 0 Å². The number of rotatable bonds is 8. The highest BCUT2D eigenvalue weighted by Gasteiger charge is 2.19. The Morgan fingerprint density at radius 1 is 1.00 bits per heavy atom. The van der Waals surface area contributed by atoms with E-state index in [2.05, 4.69) is 5.10 Å². The molecule has 148 valence electrons. The van der Waals surface area contributed by atoms with Crippen LogP contribution >= 0.6 is 0 Å². The molecule has 13 heteroatoms. The van der Waals surface area contributed by atoms with Gasteiger partial charge < -0.3 is 9.47 Å². The molecule has 12 nitrogen and oxygen atoms in total. The Morgan fingerprint density at radius 2 is 1.57 bits per heavy atom. The minimum Gasteiger partial charge on any atom is -0.493 e. The van der Waals surface area contributed by atoms with Gasteiger partial charge in [0.2, 0.25) is 0 Å². The van der Waals surface area contributed by atoms with Crippen molar-refractivity contribution in [3.8, 4) is 11.5 Å². The number of benzene rings is 2. The summed E-state index contributed by atoms with van der Waals surface area (Å²) < 4.78 is 34.4. The van der Waals surface area contributed by atoms with Crippen LogP contribution in [0.5, 0.6) is 11.5 Å². The number of nitro groups is 2. The summed E-state index contributed by atoms with van der Waals surface area (Å²) in [4.78, 5) is 22.1. The minimum atomic E-state index is -4.13. The number of nitrogens with zero attached hydrogens (tertiary/aromatic N) is 3. The Bertz CT molecular complexity index is 1030. The van der Waals surface area contributed by atoms with Crippen LogP contribution in [0.4, 0.5) is 11.4 Å². The minimum absolute atomic E-state index is 0.0333. The number of nitro benzene ring substituents is 2. The zero-order valence-electron chi connectivity index (χ0n) is 14.6. The molecular formula is C15H14N4O8S. The van der Waals surface area contributed by atoms with E-state index in [0.29, 0.717) is 0 Å². The third kappa shape index (κ3) is 4.50. The molecule has 0 fully saturated rings. The number of hydrazone groups is 1. The first-order valence-electron chi connectivity index (χ1n) is 7.39. The summed E-state index contributed by atoms with van der Waals surface area (Å²) in [5.74, 6) is 0.311. The zero-order valence-corrected chi connectivity index (χ0v) is 15.4. The van der Waals surface area contributed by atoms with Crippen LogP contribution in [-0.4, -0.2) is 38.7 Å². The summed E-state index contributed by atoms with van der Waals surface area (Å²) >= 11 is 0. The molecule has 0 unspecified atom stereocenters. The molecule has 0 aliphatic rings. The standard InChI is InChI=1S/C15H14N4O8S/c1-26-14-7-10(13(19(22)23)8-15(14)27-2)9-16-17-28(24,25)12-5-3-11(4-6-12)18(20)21/h3-9,17H,1-2H3/b16-9+. The van der Waals surface area contributed by atoms with Gasteiger partial charge in [0.1, 0.15) is 0 Å². The van der Waals surface area contributed by atoms with E-state index in [1.807, 2.05) is 4.83 Å². The first-order valence-corrected chi connectivity index (χ1v) is 8.87. The van der Waals surface area contributed by atoms with Crippen molar-refractivity contribution >= 4 is 27.6 Å². The molecule has 0 spiro atoms. The molecular weight excluding hydrogens is 396 g/mol. The number of nitrogens with one attached hydrogen (secondary N) is 1. The smallest absolute Gasteiger partial charge is 0.282 e. The molecule has 0 saturated carbocycles. The molecule has 0 radical (unpaired) electrons. The van der Waals surface area contributed by atoms with Crippen LogP contribution < -0.4 is 14.3 Å². The van der Waals surface area contributed by atoms with Gasteiger partial charge in [-0.3, -0.25) is 20.2 Å². The monoisotopic (exact) mass is 410 g/mol. The average Bonchev–Trinajstić information content (AvgIpc) is 2.67. The third-order valence-corrected chi connectivity index (χ3v) is 4.70. The Kier molecular flexibility index (Phi) is 6.10. The third-order valence-electron chi connectivity index (χ3n) is 3.46. The maximum atomic E-state index is 12.2. The van der Waals surface area contributed by atoms with Crippen LogP contribution in [-0.2, 0) is 10.0 Å². The van der Waals surface area contributed by atoms with E-state index in [1.54, 1.807) is 0 Å². The van der Waals surface area contributed by atoms with Crippen LogP contribution in [0.3, 0.4) is 0 Å². The fourth-order valence-electron chi connectivity index (χ4n) is 2.11. The van der Waals surface area contributed by atoms with Crippen molar-refractivity contribution < 1.29 is 27.7 Å². The summed E-state index contributed by atoms with van der Waals surface area (Å²) in [7, 11) is -1.48. The normalized spacial score (nSPS) is 11.2. The van der Waals surface area contributed by atoms with Gasteiger partial charge in [-0.15, -0.1) is 0 Å². The largest absolute Gasteiger partial charge is 0.493 e. The molecule has 0 aliphatic heterocycles. The van der Waals surface area contributed by atoms with Crippen LogP contribution in [0.2, 0.25) is 0 Å². The van der Waals surface area contributed by atoms with Crippen molar-refractivity contribution in [1.82, 2.24) is 4.83 Å². The Hall–Kier alpha value is -3.74. The lowest BCUT2D eigenvalue weighted by Gasteiger charge is -2.08. The second kappa shape index (κ2) is 8.30. The highest BCUT2D eigenvalue weighted by Crippen LogP contribution is 2.33. The molecule has 2 aromatic carbocycles. The molecule has 0 atom stereocenters. The zero-order chi connectivity index (χ0) is 20.9. The van der Waals surface area contributed by atoms with E-state index in [-0.39, 0.29) is 33.3 Å². The molecule has 0 saturated heterocycles. The first-order chi connectivity index (χ1) is 13.2. The molecule has 28 heavy (non-hydrogen) atoms. The van der Waals surface area contributed by atoms with E-state index in [4.69, 9.17) is 9.47 Å². The van der Waals surface area contributed by atoms with Gasteiger partial charge in [0, 0.05) is 12.1 Å². The van der Waals surface area contributed by atoms with Crippen LogP contribution in [0.1, 0.15) is 5.56 Å². The van der Waals surface area contributed by atoms with Gasteiger partial charge in [-0.1, -0.05) is 0 Å². The van der Waals surface area contributed by atoms with Crippen molar-refractivity contribution in [2.24, 2.45) is 5.10 Å². The van der Waals surface area contributed by atoms with E-state index >= 15 is 0 Å². The lowest BCUT2D eigenvalue weighted by molar-refractivity contribution is -0.385. The Balaban J connectivity index is 2.30. The fraction of sp³-hybridized carbons (Fsp3) is 0.133. The van der Waals surface area contributed by atoms with Crippen molar-refractivity contribution in [2.45, 2.75) is 4.90 Å². The summed E-state index contributed by atoms with van der Waals surface area (Å²) in [6, 6.07) is 6.50. The van der Waals surface area contributed by atoms with Gasteiger partial charge in [0.15, 0.2) is 11.5 Å². The van der Waals surface area contributed by atoms with Crippen molar-refractivity contribution in [3.05, 3.63) is 62.2 Å². The van der Waals surface area contributed by atoms with Gasteiger partial charge in [0.25, 0.3) is 21.4 Å². The number of sulfonamides is 1. The Morgan fingerprint density at radius 3 is 2.07 bits per heavy atom. The van der Waals surface area contributed by atoms with Crippen LogP contribution in [0, 0.1) is 20.2 Å². The second-order valence-electron chi connectivity index (χ2n) is 5.13. The van der Waals surface area contributed by atoms with E-state index in [9.17, 15) is 28.6 Å². The first kappa shape index (κ1) is 20.6. The van der Waals surface area contributed by atoms with Gasteiger partial charge in [0.05, 0.1) is 46.8 Å². The number of non-ortho nitro benzene ring substituents is 1. The van der Waals surface area contributed by atoms with Crippen LogP contribution in [0.15, 0.2) is 46.4 Å². The lowest BCUT2D eigenvalue weighted by atomic mass is 10.1. The van der Waals surface area contributed by atoms with Gasteiger partial charge in [-0.2, -0.15) is 13.5 Å². The van der Waals surface area contributed by atoms with Gasteiger partial charge in [-0.25, -0.2) is 4.83 Å². The number of hydrogen-bond donors (Lipinski definition) is 1.